The zero-order chi connectivity index (χ0) is 32.8. The van der Waals surface area contributed by atoms with Crippen LogP contribution in [0.25, 0.3) is 0 Å². The first kappa shape index (κ1) is 44.7. The van der Waals surface area contributed by atoms with Crippen LogP contribution in [0.3, 0.4) is 0 Å². The van der Waals surface area contributed by atoms with E-state index in [1.54, 1.807) is 0 Å². The average molecular weight is 781 g/mol. The molecule has 1 aliphatic heterocycles. The number of carboxylic acid groups (broad SMARTS) is 1. The number of alkyl halides is 3. The summed E-state index contributed by atoms with van der Waals surface area (Å²) in [6, 6.07) is 22.0. The number of nitrogens with zero attached hydrogens (tertiary/aromatic N) is 2. The number of rotatable bonds is 5. The van der Waals surface area contributed by atoms with Crippen molar-refractivity contribution in [2.45, 2.75) is 45.5 Å². The summed E-state index contributed by atoms with van der Waals surface area (Å²) < 4.78 is 31.5. The third-order valence-corrected chi connectivity index (χ3v) is 8.59. The van der Waals surface area contributed by atoms with Crippen LogP contribution in [0.2, 0.25) is 0 Å². The Hall–Kier alpha value is -1.35. The van der Waals surface area contributed by atoms with Crippen molar-refractivity contribution in [1.82, 2.24) is 9.80 Å². The monoisotopic (exact) mass is 780 g/mol. The molecule has 2 aromatic rings. The van der Waals surface area contributed by atoms with E-state index in [9.17, 15) is 13.2 Å². The van der Waals surface area contributed by atoms with E-state index in [1.165, 1.54) is 28.6 Å². The molecule has 0 saturated heterocycles. The van der Waals surface area contributed by atoms with Crippen LogP contribution in [0, 0.1) is 89.9 Å². The molecule has 2 aliphatic carbocycles. The smallest absolute Gasteiger partial charge is 0.542 e. The van der Waals surface area contributed by atoms with E-state index in [0.29, 0.717) is 0 Å². The van der Waals surface area contributed by atoms with Gasteiger partial charge < -0.3 is 19.7 Å². The maximum atomic E-state index is 10.5. The van der Waals surface area contributed by atoms with Crippen molar-refractivity contribution in [3.05, 3.63) is 163 Å². The van der Waals surface area contributed by atoms with Gasteiger partial charge in [-0.2, -0.15) is 13.2 Å². The molecule has 4 nitrogen and oxygen atoms in total. The van der Waals surface area contributed by atoms with E-state index in [0.717, 1.165) is 0 Å². The van der Waals surface area contributed by atoms with Crippen LogP contribution in [0.1, 0.15) is 27.7 Å². The second-order valence-corrected chi connectivity index (χ2v) is 12.6. The van der Waals surface area contributed by atoms with Gasteiger partial charge in [-0.1, -0.05) is 60.7 Å². The second-order valence-electron chi connectivity index (χ2n) is 10.4. The first-order chi connectivity index (χ1) is 20.8. The summed E-state index contributed by atoms with van der Waals surface area (Å²) in [6.45, 7) is 18.9. The summed E-state index contributed by atoms with van der Waals surface area (Å²) in [5, 5.41) is 11.6. The average Bonchev–Trinajstić information content (AvgIpc) is 3.78. The SMILES string of the molecule is C[C@H]([C]1[CH][CH][CH][C]1P(c1ccccc1)c1ccccc1)N1[C]N(C(C)(C)C)C=C1.O=C([O-])C(F)(F)F.[CH2][CH][CH2].[CH]1[CH][CH][CH][CH]1.[Fe+2].[Pd+2]. The van der Waals surface area contributed by atoms with Crippen LogP contribution in [0.5, 0.6) is 0 Å². The van der Waals surface area contributed by atoms with Crippen molar-refractivity contribution >= 4 is 24.5 Å². The van der Waals surface area contributed by atoms with Gasteiger partial charge in [-0.05, 0) is 118 Å². The molecule has 15 radical (unpaired) electrons. The Bertz CT molecular complexity index is 1070. The molecule has 0 spiro atoms. The van der Waals surface area contributed by atoms with Crippen molar-refractivity contribution in [2.75, 3.05) is 0 Å². The molecule has 0 unspecified atom stereocenters. The van der Waals surface area contributed by atoms with Gasteiger partial charge in [0.05, 0.1) is 0 Å². The van der Waals surface area contributed by atoms with E-state index in [2.05, 4.69) is 150 Å². The largest absolute Gasteiger partial charge is 2.00 e. The minimum absolute atomic E-state index is 0. The van der Waals surface area contributed by atoms with Gasteiger partial charge in [0, 0.05) is 35.6 Å². The van der Waals surface area contributed by atoms with Gasteiger partial charge in [0.1, 0.15) is 5.97 Å². The minimum Gasteiger partial charge on any atom is -0.542 e. The molecular formula is C36H38F3FeN2O2PPd+3. The number of halogens is 3. The summed E-state index contributed by atoms with van der Waals surface area (Å²) >= 11 is 0. The molecule has 3 aliphatic rings. The third-order valence-electron chi connectivity index (χ3n) is 6.07. The Morgan fingerprint density at radius 2 is 1.26 bits per heavy atom. The molecule has 0 bridgehead atoms. The molecule has 0 amide bonds. The Labute approximate surface area is 301 Å². The topological polar surface area (TPSA) is 46.6 Å². The van der Waals surface area contributed by atoms with Crippen LogP contribution in [-0.2, 0) is 42.3 Å². The predicted octanol–water partition coefficient (Wildman–Crippen LogP) is 6.30. The molecule has 46 heavy (non-hydrogen) atoms. The van der Waals surface area contributed by atoms with E-state index in [-0.39, 0.29) is 49.1 Å². The maximum absolute atomic E-state index is 10.5. The first-order valence-corrected chi connectivity index (χ1v) is 15.2. The normalized spacial score (nSPS) is 17.0. The van der Waals surface area contributed by atoms with E-state index in [1.807, 2.05) is 32.1 Å². The number of carboxylic acids is 1. The second kappa shape index (κ2) is 22.3. The predicted molar refractivity (Wildman–Crippen MR) is 171 cm³/mol. The van der Waals surface area contributed by atoms with Crippen molar-refractivity contribution in [3.63, 3.8) is 0 Å². The third kappa shape index (κ3) is 14.8. The summed E-state index contributed by atoms with van der Waals surface area (Å²) in [5.74, 6) is -1.63. The number of hydrogen-bond acceptors (Lipinski definition) is 4. The number of benzene rings is 2. The van der Waals surface area contributed by atoms with Crippen LogP contribution in [0.4, 0.5) is 13.2 Å². The van der Waals surface area contributed by atoms with Crippen LogP contribution in [-0.4, -0.2) is 33.5 Å². The van der Waals surface area contributed by atoms with Crippen LogP contribution in [0.15, 0.2) is 73.1 Å². The van der Waals surface area contributed by atoms with Gasteiger partial charge >= 0.3 is 43.7 Å². The van der Waals surface area contributed by atoms with Crippen molar-refractivity contribution in [2.24, 2.45) is 0 Å². The molecule has 5 rings (SSSR count). The first-order valence-electron chi connectivity index (χ1n) is 13.8. The van der Waals surface area contributed by atoms with E-state index >= 15 is 0 Å². The Morgan fingerprint density at radius 1 is 0.848 bits per heavy atom. The zero-order valence-corrected chi connectivity index (χ0v) is 29.6. The molecule has 10 heteroatoms. The molecule has 2 saturated carbocycles. The molecule has 1 atom stereocenters. The maximum Gasteiger partial charge on any atom is 2.00 e. The number of carbonyl (C=O) groups is 1. The van der Waals surface area contributed by atoms with Gasteiger partial charge in [0.2, 0.25) is 6.67 Å². The summed E-state index contributed by atoms with van der Waals surface area (Å²) in [5.41, 5.74) is 1.45. The summed E-state index contributed by atoms with van der Waals surface area (Å²) in [4.78, 5) is 13.1. The Kier molecular flexibility index (Phi) is 21.7. The molecule has 1 heterocycles. The van der Waals surface area contributed by atoms with Crippen LogP contribution < -0.4 is 15.7 Å². The van der Waals surface area contributed by atoms with Crippen molar-refractivity contribution < 1.29 is 60.6 Å². The van der Waals surface area contributed by atoms with E-state index < -0.39 is 20.1 Å². The minimum atomic E-state index is -5.19. The molecular weight excluding hydrogens is 743 g/mol. The number of aliphatic carboxylic acids is 1. The molecule has 245 valence electrons. The van der Waals surface area contributed by atoms with Gasteiger partial charge in [-0.25, -0.2) is 0 Å². The quantitative estimate of drug-likeness (QED) is 0.264. The van der Waals surface area contributed by atoms with Gasteiger partial charge in [0.15, 0.2) is 0 Å². The number of hydrogen-bond donors (Lipinski definition) is 0. The number of carbonyl (C=O) groups excluding carboxylic acids is 1. The molecule has 0 aromatic heterocycles. The zero-order valence-electron chi connectivity index (χ0n) is 26.1. The van der Waals surface area contributed by atoms with Crippen LogP contribution >= 0.6 is 7.92 Å². The molecule has 0 N–H and O–H groups in total. The van der Waals surface area contributed by atoms with E-state index in [4.69, 9.17) is 9.90 Å². The fraction of sp³-hybridized carbons (Fsp3) is 0.194. The molecule has 2 fully saturated rings. The fourth-order valence-electron chi connectivity index (χ4n) is 3.95. The van der Waals surface area contributed by atoms with Crippen molar-refractivity contribution in [1.29, 1.82) is 0 Å². The summed E-state index contributed by atoms with van der Waals surface area (Å²) in [7, 11) is -0.602. The van der Waals surface area contributed by atoms with Crippen molar-refractivity contribution in [3.8, 4) is 0 Å². The standard InChI is InChI=1S/C26H28N2P.C5H5.C3H5.C2HF3O2.Fe.Pd/c1-21(27-18-19-28(20-27)26(2,3)4)24-16-11-17-25(24)29(22-12-7-5-8-13-22)23-14-9-6-10-15-23;1-2-4-5-3-1;1-3-2;3-2(4,5)1(6)7;;/h5-19,21H,1-4H3;1-5H;3H,1-2H2;(H,6,7);;/q;;;;2*+2/p-1/t21-;;;;;/m1...../s1. The Balaban J connectivity index is 0.000000992. The van der Waals surface area contributed by atoms with Gasteiger partial charge in [0.25, 0.3) is 0 Å². The Morgan fingerprint density at radius 3 is 1.61 bits per heavy atom. The van der Waals surface area contributed by atoms with Gasteiger partial charge in [-0.3, -0.25) is 0 Å². The van der Waals surface area contributed by atoms with Gasteiger partial charge in [-0.15, -0.1) is 0 Å². The molecule has 2 aromatic carbocycles. The summed E-state index contributed by atoms with van der Waals surface area (Å²) in [6.07, 6.45) is 17.3. The fourth-order valence-corrected chi connectivity index (χ4v) is 6.50.